The summed E-state index contributed by atoms with van der Waals surface area (Å²) >= 11 is 0. The van der Waals surface area contributed by atoms with E-state index >= 15 is 0 Å². The Bertz CT molecular complexity index is 668. The molecule has 1 N–H and O–H groups in total. The van der Waals surface area contributed by atoms with Crippen LogP contribution in [-0.2, 0) is 6.54 Å². The molecule has 0 spiro atoms. The first-order valence-corrected chi connectivity index (χ1v) is 8.25. The minimum absolute atomic E-state index is 0.624. The van der Waals surface area contributed by atoms with Crippen molar-refractivity contribution in [2.75, 3.05) is 40.8 Å². The summed E-state index contributed by atoms with van der Waals surface area (Å²) in [5, 5.41) is 10.7. The van der Waals surface area contributed by atoms with Crippen LogP contribution in [0.1, 0.15) is 12.2 Å². The van der Waals surface area contributed by atoms with Gasteiger partial charge in [0.15, 0.2) is 0 Å². The highest BCUT2D eigenvalue weighted by atomic mass is 16.5. The topological polar surface area (TPSA) is 53.8 Å². The molecule has 1 aliphatic rings. The fraction of sp³-hybridized carbons (Fsp3) is 0.500. The lowest BCUT2D eigenvalue weighted by molar-refractivity contribution is 0.0238. The molecule has 2 heterocycles. The molecule has 24 heavy (non-hydrogen) atoms. The smallest absolute Gasteiger partial charge is 0.127 e. The molecule has 1 aromatic carbocycles. The summed E-state index contributed by atoms with van der Waals surface area (Å²) in [6, 6.07) is 7.95. The van der Waals surface area contributed by atoms with Gasteiger partial charge in [0.2, 0.25) is 0 Å². The summed E-state index contributed by atoms with van der Waals surface area (Å²) < 4.78 is 7.30. The Kier molecular flexibility index (Phi) is 4.89. The zero-order valence-corrected chi connectivity index (χ0v) is 14.6. The molecule has 1 aromatic heterocycles. The third-order valence-corrected chi connectivity index (χ3v) is 4.45. The summed E-state index contributed by atoms with van der Waals surface area (Å²) in [6.07, 6.45) is 4.59. The van der Waals surface area contributed by atoms with E-state index in [4.69, 9.17) is 4.74 Å². The van der Waals surface area contributed by atoms with E-state index in [0.717, 1.165) is 36.8 Å². The first-order chi connectivity index (χ1) is 11.5. The van der Waals surface area contributed by atoms with E-state index in [0.29, 0.717) is 13.1 Å². The number of imidazole rings is 1. The van der Waals surface area contributed by atoms with Gasteiger partial charge in [-0.05, 0) is 44.8 Å². The van der Waals surface area contributed by atoms with Crippen molar-refractivity contribution in [3.05, 3.63) is 42.5 Å². The van der Waals surface area contributed by atoms with Crippen molar-refractivity contribution < 1.29 is 9.84 Å². The highest BCUT2D eigenvalue weighted by molar-refractivity contribution is 5.38. The SMILES string of the molecule is COc1ccc(-n2ccnc2CN2CC[C@](O)(CN(C)C)C2)cc1. The van der Waals surface area contributed by atoms with Crippen LogP contribution in [0.3, 0.4) is 0 Å². The molecule has 1 fully saturated rings. The second kappa shape index (κ2) is 6.93. The second-order valence-corrected chi connectivity index (χ2v) is 6.83. The molecule has 0 unspecified atom stereocenters. The monoisotopic (exact) mass is 330 g/mol. The molecule has 6 nitrogen and oxygen atoms in total. The molecule has 0 saturated carbocycles. The van der Waals surface area contributed by atoms with E-state index < -0.39 is 5.60 Å². The van der Waals surface area contributed by atoms with E-state index in [-0.39, 0.29) is 0 Å². The number of ether oxygens (including phenoxy) is 1. The summed E-state index contributed by atoms with van der Waals surface area (Å²) in [4.78, 5) is 8.82. The third-order valence-electron chi connectivity index (χ3n) is 4.45. The van der Waals surface area contributed by atoms with Gasteiger partial charge in [0.25, 0.3) is 0 Å². The predicted octanol–water partition coefficient (Wildman–Crippen LogP) is 1.38. The maximum absolute atomic E-state index is 10.7. The van der Waals surface area contributed by atoms with Gasteiger partial charge in [-0.15, -0.1) is 0 Å². The van der Waals surface area contributed by atoms with Gasteiger partial charge in [0.05, 0.1) is 19.3 Å². The normalized spacial score (nSPS) is 21.5. The number of benzene rings is 1. The van der Waals surface area contributed by atoms with Crippen LogP contribution in [0.5, 0.6) is 5.75 Å². The highest BCUT2D eigenvalue weighted by Crippen LogP contribution is 2.24. The van der Waals surface area contributed by atoms with Crippen LogP contribution in [0, 0.1) is 0 Å². The summed E-state index contributed by atoms with van der Waals surface area (Å²) in [6.45, 7) is 2.99. The first kappa shape index (κ1) is 17.0. The molecule has 3 rings (SSSR count). The fourth-order valence-electron chi connectivity index (χ4n) is 3.42. The number of rotatable bonds is 6. The molecular weight excluding hydrogens is 304 g/mol. The van der Waals surface area contributed by atoms with E-state index in [1.54, 1.807) is 7.11 Å². The van der Waals surface area contributed by atoms with E-state index in [2.05, 4.69) is 14.5 Å². The minimum atomic E-state index is -0.624. The van der Waals surface area contributed by atoms with Crippen molar-refractivity contribution >= 4 is 0 Å². The van der Waals surface area contributed by atoms with E-state index in [1.165, 1.54) is 0 Å². The van der Waals surface area contributed by atoms with Crippen molar-refractivity contribution in [3.63, 3.8) is 0 Å². The van der Waals surface area contributed by atoms with Gasteiger partial charge in [-0.25, -0.2) is 4.98 Å². The van der Waals surface area contributed by atoms with Gasteiger partial charge in [0, 0.05) is 37.7 Å². The molecule has 1 atom stereocenters. The number of aromatic nitrogens is 2. The lowest BCUT2D eigenvalue weighted by Crippen LogP contribution is -2.42. The van der Waals surface area contributed by atoms with Gasteiger partial charge in [-0.2, -0.15) is 0 Å². The number of likely N-dealkylation sites (N-methyl/N-ethyl adjacent to an activating group) is 1. The van der Waals surface area contributed by atoms with Crippen molar-refractivity contribution in [1.29, 1.82) is 0 Å². The number of β-amino-alcohol motifs (C(OH)–C–C–N with tert-alkyl or cyclic N) is 1. The number of hydrogen-bond acceptors (Lipinski definition) is 5. The van der Waals surface area contributed by atoms with Crippen LogP contribution in [0.4, 0.5) is 0 Å². The largest absolute Gasteiger partial charge is 0.497 e. The summed E-state index contributed by atoms with van der Waals surface area (Å²) in [7, 11) is 5.66. The summed E-state index contributed by atoms with van der Waals surface area (Å²) in [5.74, 6) is 1.82. The number of nitrogens with zero attached hydrogens (tertiary/aromatic N) is 4. The van der Waals surface area contributed by atoms with Crippen molar-refractivity contribution in [2.45, 2.75) is 18.6 Å². The lowest BCUT2D eigenvalue weighted by atomic mass is 10.0. The Morgan fingerprint density at radius 3 is 2.71 bits per heavy atom. The zero-order chi connectivity index (χ0) is 17.2. The van der Waals surface area contributed by atoms with Crippen LogP contribution in [0.25, 0.3) is 5.69 Å². The van der Waals surface area contributed by atoms with Crippen LogP contribution < -0.4 is 4.74 Å². The van der Waals surface area contributed by atoms with Crippen LogP contribution in [0.2, 0.25) is 0 Å². The number of aliphatic hydroxyl groups is 1. The summed E-state index contributed by atoms with van der Waals surface area (Å²) in [5.41, 5.74) is 0.437. The zero-order valence-electron chi connectivity index (χ0n) is 14.6. The van der Waals surface area contributed by atoms with Gasteiger partial charge in [0.1, 0.15) is 11.6 Å². The average Bonchev–Trinajstić information content (AvgIpc) is 3.14. The molecule has 0 aliphatic carbocycles. The first-order valence-electron chi connectivity index (χ1n) is 8.25. The Hall–Kier alpha value is -1.89. The minimum Gasteiger partial charge on any atom is -0.497 e. The van der Waals surface area contributed by atoms with Gasteiger partial charge >= 0.3 is 0 Å². The molecule has 0 bridgehead atoms. The molecule has 1 saturated heterocycles. The molecule has 1 aliphatic heterocycles. The Labute approximate surface area is 143 Å². The number of likely N-dealkylation sites (tertiary alicyclic amines) is 1. The highest BCUT2D eigenvalue weighted by Gasteiger charge is 2.36. The van der Waals surface area contributed by atoms with Gasteiger partial charge < -0.3 is 19.3 Å². The number of methoxy groups -OCH3 is 1. The van der Waals surface area contributed by atoms with Crippen molar-refractivity contribution in [2.24, 2.45) is 0 Å². The Morgan fingerprint density at radius 2 is 2.04 bits per heavy atom. The Balaban J connectivity index is 1.70. The number of hydrogen-bond donors (Lipinski definition) is 1. The molecule has 0 amide bonds. The van der Waals surface area contributed by atoms with Crippen LogP contribution in [-0.4, -0.2) is 70.9 Å². The van der Waals surface area contributed by atoms with Crippen molar-refractivity contribution in [1.82, 2.24) is 19.4 Å². The molecule has 0 radical (unpaired) electrons. The van der Waals surface area contributed by atoms with E-state index in [1.807, 2.05) is 55.7 Å². The van der Waals surface area contributed by atoms with Crippen LogP contribution >= 0.6 is 0 Å². The second-order valence-electron chi connectivity index (χ2n) is 6.83. The maximum Gasteiger partial charge on any atom is 0.127 e. The molecular formula is C18H26N4O2. The van der Waals surface area contributed by atoms with Crippen molar-refractivity contribution in [3.8, 4) is 11.4 Å². The Morgan fingerprint density at radius 1 is 1.29 bits per heavy atom. The quantitative estimate of drug-likeness (QED) is 0.867. The molecule has 130 valence electrons. The van der Waals surface area contributed by atoms with E-state index in [9.17, 15) is 5.11 Å². The lowest BCUT2D eigenvalue weighted by Gasteiger charge is -2.26. The molecule has 2 aromatic rings. The fourth-order valence-corrected chi connectivity index (χ4v) is 3.42. The van der Waals surface area contributed by atoms with Gasteiger partial charge in [-0.1, -0.05) is 0 Å². The molecule has 6 heteroatoms. The predicted molar refractivity (Wildman–Crippen MR) is 93.5 cm³/mol. The van der Waals surface area contributed by atoms with Crippen LogP contribution in [0.15, 0.2) is 36.7 Å². The maximum atomic E-state index is 10.7. The van der Waals surface area contributed by atoms with Gasteiger partial charge in [-0.3, -0.25) is 4.90 Å². The third kappa shape index (κ3) is 3.77. The standard InChI is InChI=1S/C18H26N4O2/c1-20(2)13-18(23)8-10-21(14-18)12-17-19-9-11-22(17)15-4-6-16(24-3)7-5-15/h4-7,9,11,23H,8,10,12-14H2,1-3H3/t18-/m0/s1. The average molecular weight is 330 g/mol.